The summed E-state index contributed by atoms with van der Waals surface area (Å²) in [5.74, 6) is -0.327. The molecule has 0 rings (SSSR count). The van der Waals surface area contributed by atoms with E-state index in [2.05, 4.69) is 12.2 Å². The monoisotopic (exact) mass is 259 g/mol. The molecule has 18 heavy (non-hydrogen) atoms. The van der Waals surface area contributed by atoms with Gasteiger partial charge in [0.05, 0.1) is 19.1 Å². The molecule has 0 saturated carbocycles. The van der Waals surface area contributed by atoms with E-state index in [-0.39, 0.29) is 12.4 Å². The van der Waals surface area contributed by atoms with Gasteiger partial charge in [-0.05, 0) is 19.9 Å². The van der Waals surface area contributed by atoms with Gasteiger partial charge in [-0.15, -0.1) is 0 Å². The van der Waals surface area contributed by atoms with Crippen molar-refractivity contribution in [1.29, 1.82) is 0 Å². The van der Waals surface area contributed by atoms with Crippen LogP contribution >= 0.6 is 0 Å². The van der Waals surface area contributed by atoms with Gasteiger partial charge in [0.15, 0.2) is 0 Å². The van der Waals surface area contributed by atoms with E-state index < -0.39 is 6.10 Å². The molecule has 0 heterocycles. The maximum atomic E-state index is 11.1. The highest BCUT2D eigenvalue weighted by Crippen LogP contribution is 2.04. The summed E-state index contributed by atoms with van der Waals surface area (Å²) in [6.07, 6.45) is 7.03. The SMILES string of the molecule is CCCCCCCCNCC(O)CC(=O)OCC. The van der Waals surface area contributed by atoms with Crippen molar-refractivity contribution in [3.8, 4) is 0 Å². The maximum Gasteiger partial charge on any atom is 0.308 e. The Hall–Kier alpha value is -0.610. The Morgan fingerprint density at radius 3 is 2.50 bits per heavy atom. The normalized spacial score (nSPS) is 12.4. The van der Waals surface area contributed by atoms with E-state index in [0.717, 1.165) is 13.0 Å². The number of unbranched alkanes of at least 4 members (excludes halogenated alkanes) is 5. The largest absolute Gasteiger partial charge is 0.466 e. The minimum atomic E-state index is -0.635. The molecule has 0 spiro atoms. The molecule has 0 aromatic rings. The van der Waals surface area contributed by atoms with Crippen molar-refractivity contribution in [3.63, 3.8) is 0 Å². The van der Waals surface area contributed by atoms with Crippen LogP contribution in [0.5, 0.6) is 0 Å². The van der Waals surface area contributed by atoms with Crippen LogP contribution in [0.3, 0.4) is 0 Å². The highest BCUT2D eigenvalue weighted by Gasteiger charge is 2.10. The average molecular weight is 259 g/mol. The van der Waals surface area contributed by atoms with Crippen LogP contribution in [0.2, 0.25) is 0 Å². The van der Waals surface area contributed by atoms with Crippen molar-refractivity contribution in [2.45, 2.75) is 64.9 Å². The molecular weight excluding hydrogens is 230 g/mol. The van der Waals surface area contributed by atoms with E-state index in [4.69, 9.17) is 4.74 Å². The Kier molecular flexibility index (Phi) is 12.4. The van der Waals surface area contributed by atoms with Gasteiger partial charge in [-0.1, -0.05) is 39.0 Å². The molecule has 0 radical (unpaired) electrons. The molecule has 0 aromatic carbocycles. The lowest BCUT2D eigenvalue weighted by atomic mass is 10.1. The molecule has 108 valence electrons. The number of hydrogen-bond acceptors (Lipinski definition) is 4. The highest BCUT2D eigenvalue weighted by atomic mass is 16.5. The molecule has 4 heteroatoms. The van der Waals surface area contributed by atoms with Gasteiger partial charge in [-0.3, -0.25) is 4.79 Å². The first-order valence-corrected chi connectivity index (χ1v) is 7.25. The molecule has 4 nitrogen and oxygen atoms in total. The molecule has 1 unspecified atom stereocenters. The lowest BCUT2D eigenvalue weighted by molar-refractivity contribution is -0.145. The van der Waals surface area contributed by atoms with Gasteiger partial charge in [-0.2, -0.15) is 0 Å². The molecule has 0 amide bonds. The summed E-state index contributed by atoms with van der Waals surface area (Å²) >= 11 is 0. The van der Waals surface area contributed by atoms with E-state index in [1.165, 1.54) is 32.1 Å². The molecule has 0 bridgehead atoms. The van der Waals surface area contributed by atoms with Crippen LogP contribution in [-0.2, 0) is 9.53 Å². The number of carbonyl (C=O) groups is 1. The molecule has 0 aliphatic heterocycles. The van der Waals surface area contributed by atoms with Gasteiger partial charge in [-0.25, -0.2) is 0 Å². The summed E-state index contributed by atoms with van der Waals surface area (Å²) in [4.78, 5) is 11.1. The zero-order valence-electron chi connectivity index (χ0n) is 11.9. The summed E-state index contributed by atoms with van der Waals surface area (Å²) in [5.41, 5.74) is 0. The Labute approximate surface area is 111 Å². The Morgan fingerprint density at radius 1 is 1.17 bits per heavy atom. The first-order chi connectivity index (χ1) is 8.70. The molecular formula is C14H29NO3. The van der Waals surface area contributed by atoms with Crippen molar-refractivity contribution in [3.05, 3.63) is 0 Å². The second kappa shape index (κ2) is 12.8. The number of ether oxygens (including phenoxy) is 1. The van der Waals surface area contributed by atoms with Crippen molar-refractivity contribution in [1.82, 2.24) is 5.32 Å². The Morgan fingerprint density at radius 2 is 1.83 bits per heavy atom. The molecule has 1 atom stereocenters. The predicted molar refractivity (Wildman–Crippen MR) is 73.5 cm³/mol. The molecule has 0 saturated heterocycles. The fraction of sp³-hybridized carbons (Fsp3) is 0.929. The lowest BCUT2D eigenvalue weighted by Crippen LogP contribution is -2.29. The fourth-order valence-electron chi connectivity index (χ4n) is 1.78. The van der Waals surface area contributed by atoms with Crippen LogP contribution in [0.4, 0.5) is 0 Å². The highest BCUT2D eigenvalue weighted by molar-refractivity contribution is 5.69. The smallest absolute Gasteiger partial charge is 0.308 e. The molecule has 2 N–H and O–H groups in total. The minimum absolute atomic E-state index is 0.0807. The molecule has 0 aliphatic carbocycles. The summed E-state index contributed by atoms with van der Waals surface area (Å²) < 4.78 is 4.77. The van der Waals surface area contributed by atoms with Crippen LogP contribution in [0.1, 0.15) is 58.8 Å². The van der Waals surface area contributed by atoms with E-state index in [1.54, 1.807) is 6.92 Å². The zero-order valence-corrected chi connectivity index (χ0v) is 11.9. The number of rotatable bonds is 12. The predicted octanol–water partition coefficient (Wildman–Crippen LogP) is 2.25. The molecule has 0 aromatic heterocycles. The third-order valence-electron chi connectivity index (χ3n) is 2.79. The topological polar surface area (TPSA) is 58.6 Å². The number of hydrogen-bond donors (Lipinski definition) is 2. The van der Waals surface area contributed by atoms with Gasteiger partial charge >= 0.3 is 5.97 Å². The number of aliphatic hydroxyl groups is 1. The second-order valence-electron chi connectivity index (χ2n) is 4.63. The standard InChI is InChI=1S/C14H29NO3/c1-3-5-6-7-8-9-10-15-12-13(16)11-14(17)18-4-2/h13,15-16H,3-12H2,1-2H3. The maximum absolute atomic E-state index is 11.1. The van der Waals surface area contributed by atoms with E-state index in [0.29, 0.717) is 13.2 Å². The number of carbonyl (C=O) groups excluding carboxylic acids is 1. The van der Waals surface area contributed by atoms with Gasteiger partial charge in [0.25, 0.3) is 0 Å². The van der Waals surface area contributed by atoms with Gasteiger partial charge in [0, 0.05) is 6.54 Å². The second-order valence-corrected chi connectivity index (χ2v) is 4.63. The zero-order chi connectivity index (χ0) is 13.6. The van der Waals surface area contributed by atoms with Crippen LogP contribution < -0.4 is 5.32 Å². The molecule has 0 fully saturated rings. The lowest BCUT2D eigenvalue weighted by Gasteiger charge is -2.11. The Balaban J connectivity index is 3.24. The summed E-state index contributed by atoms with van der Waals surface area (Å²) in [7, 11) is 0. The van der Waals surface area contributed by atoms with Crippen molar-refractivity contribution >= 4 is 5.97 Å². The quantitative estimate of drug-likeness (QED) is 0.417. The van der Waals surface area contributed by atoms with Crippen LogP contribution in [-0.4, -0.2) is 36.9 Å². The third kappa shape index (κ3) is 11.9. The first kappa shape index (κ1) is 17.4. The fourth-order valence-corrected chi connectivity index (χ4v) is 1.78. The average Bonchev–Trinajstić information content (AvgIpc) is 2.32. The van der Waals surface area contributed by atoms with Gasteiger partial charge in [0.1, 0.15) is 0 Å². The number of nitrogens with one attached hydrogen (secondary N) is 1. The number of aliphatic hydroxyl groups excluding tert-OH is 1. The van der Waals surface area contributed by atoms with Gasteiger partial charge in [0.2, 0.25) is 0 Å². The van der Waals surface area contributed by atoms with Gasteiger partial charge < -0.3 is 15.2 Å². The van der Waals surface area contributed by atoms with Crippen molar-refractivity contribution in [2.75, 3.05) is 19.7 Å². The van der Waals surface area contributed by atoms with Crippen molar-refractivity contribution in [2.24, 2.45) is 0 Å². The Bertz CT molecular complexity index is 197. The number of esters is 1. The third-order valence-corrected chi connectivity index (χ3v) is 2.79. The van der Waals surface area contributed by atoms with E-state index in [9.17, 15) is 9.90 Å². The van der Waals surface area contributed by atoms with Crippen LogP contribution in [0, 0.1) is 0 Å². The molecule has 0 aliphatic rings. The van der Waals surface area contributed by atoms with E-state index in [1.807, 2.05) is 0 Å². The minimum Gasteiger partial charge on any atom is -0.466 e. The van der Waals surface area contributed by atoms with Crippen LogP contribution in [0.15, 0.2) is 0 Å². The van der Waals surface area contributed by atoms with Crippen molar-refractivity contribution < 1.29 is 14.6 Å². The summed E-state index contributed by atoms with van der Waals surface area (Å²) in [5, 5.41) is 12.7. The first-order valence-electron chi connectivity index (χ1n) is 7.25. The van der Waals surface area contributed by atoms with Crippen LogP contribution in [0.25, 0.3) is 0 Å². The summed E-state index contributed by atoms with van der Waals surface area (Å²) in [6.45, 7) is 5.73. The summed E-state index contributed by atoms with van der Waals surface area (Å²) in [6, 6.07) is 0. The van der Waals surface area contributed by atoms with E-state index >= 15 is 0 Å².